The van der Waals surface area contributed by atoms with Crippen molar-refractivity contribution in [2.75, 3.05) is 0 Å². The maximum atomic E-state index is 11.5. The lowest BCUT2D eigenvalue weighted by Crippen LogP contribution is -1.99. The number of aryl methyl sites for hydroxylation is 1. The summed E-state index contributed by atoms with van der Waals surface area (Å²) in [5.41, 5.74) is 3.78. The van der Waals surface area contributed by atoms with Gasteiger partial charge >= 0.3 is 5.97 Å². The topological polar surface area (TPSA) is 50.2 Å². The first kappa shape index (κ1) is 14.5. The molecular formula is C18H15NO2S. The molecule has 0 amide bonds. The van der Waals surface area contributed by atoms with Gasteiger partial charge in [0.1, 0.15) is 9.88 Å². The van der Waals surface area contributed by atoms with Gasteiger partial charge < -0.3 is 5.11 Å². The highest BCUT2D eigenvalue weighted by molar-refractivity contribution is 7.17. The van der Waals surface area contributed by atoms with E-state index in [0.717, 1.165) is 21.7 Å². The van der Waals surface area contributed by atoms with Gasteiger partial charge in [0.25, 0.3) is 0 Å². The number of carbonyl (C=O) groups is 1. The van der Waals surface area contributed by atoms with Crippen LogP contribution in [-0.2, 0) is 6.42 Å². The van der Waals surface area contributed by atoms with E-state index < -0.39 is 5.97 Å². The summed E-state index contributed by atoms with van der Waals surface area (Å²) in [4.78, 5) is 16.4. The van der Waals surface area contributed by atoms with Crippen molar-refractivity contribution in [2.45, 2.75) is 13.3 Å². The number of rotatable bonds is 4. The summed E-state index contributed by atoms with van der Waals surface area (Å²) >= 11 is 1.24. The van der Waals surface area contributed by atoms with Crippen LogP contribution in [0.25, 0.3) is 10.6 Å². The van der Waals surface area contributed by atoms with E-state index in [-0.39, 0.29) is 0 Å². The lowest BCUT2D eigenvalue weighted by Gasteiger charge is -1.99. The van der Waals surface area contributed by atoms with Crippen molar-refractivity contribution in [2.24, 2.45) is 0 Å². The predicted molar refractivity (Wildman–Crippen MR) is 88.5 cm³/mol. The van der Waals surface area contributed by atoms with E-state index in [1.165, 1.54) is 11.3 Å². The second kappa shape index (κ2) is 6.12. The highest BCUT2D eigenvalue weighted by Gasteiger charge is 2.18. The summed E-state index contributed by atoms with van der Waals surface area (Å²) in [7, 11) is 0. The van der Waals surface area contributed by atoms with Gasteiger partial charge in [0.2, 0.25) is 0 Å². The van der Waals surface area contributed by atoms with Crippen LogP contribution in [0, 0.1) is 6.92 Å². The third kappa shape index (κ3) is 3.07. The van der Waals surface area contributed by atoms with Crippen LogP contribution in [-0.4, -0.2) is 16.1 Å². The largest absolute Gasteiger partial charge is 0.477 e. The number of carboxylic acid groups (broad SMARTS) is 1. The van der Waals surface area contributed by atoms with Gasteiger partial charge in [-0.1, -0.05) is 54.1 Å². The number of hydrogen-bond donors (Lipinski definition) is 1. The number of hydrogen-bond acceptors (Lipinski definition) is 3. The minimum atomic E-state index is -0.915. The zero-order valence-electron chi connectivity index (χ0n) is 12.1. The molecule has 4 heteroatoms. The number of carboxylic acids is 1. The van der Waals surface area contributed by atoms with Crippen LogP contribution in [0.4, 0.5) is 0 Å². The van der Waals surface area contributed by atoms with Crippen molar-refractivity contribution < 1.29 is 9.90 Å². The average Bonchev–Trinajstić information content (AvgIpc) is 2.92. The number of nitrogens with zero attached hydrogens (tertiary/aromatic N) is 1. The number of aromatic nitrogens is 1. The second-order valence-electron chi connectivity index (χ2n) is 5.13. The molecule has 0 bridgehead atoms. The SMILES string of the molecule is Cc1cccc(-c2nc(Cc3ccccc3)c(C(=O)O)s2)c1. The van der Waals surface area contributed by atoms with E-state index in [2.05, 4.69) is 4.98 Å². The molecule has 0 saturated carbocycles. The van der Waals surface area contributed by atoms with Gasteiger partial charge in [-0.2, -0.15) is 0 Å². The molecule has 0 aliphatic heterocycles. The van der Waals surface area contributed by atoms with Crippen LogP contribution in [0.2, 0.25) is 0 Å². The third-order valence-electron chi connectivity index (χ3n) is 3.37. The smallest absolute Gasteiger partial charge is 0.347 e. The lowest BCUT2D eigenvalue weighted by molar-refractivity contribution is 0.0701. The summed E-state index contributed by atoms with van der Waals surface area (Å²) in [5.74, 6) is -0.915. The molecule has 3 aromatic rings. The van der Waals surface area contributed by atoms with Gasteiger partial charge in [0.05, 0.1) is 5.69 Å². The van der Waals surface area contributed by atoms with Gasteiger partial charge in [0, 0.05) is 12.0 Å². The Morgan fingerprint density at radius 2 is 1.91 bits per heavy atom. The molecule has 0 fully saturated rings. The van der Waals surface area contributed by atoms with E-state index >= 15 is 0 Å². The Labute approximate surface area is 132 Å². The Kier molecular flexibility index (Phi) is 4.02. The summed E-state index contributed by atoms with van der Waals surface area (Å²) in [6.45, 7) is 2.01. The average molecular weight is 309 g/mol. The first-order valence-corrected chi connectivity index (χ1v) is 7.79. The normalized spacial score (nSPS) is 10.6. The van der Waals surface area contributed by atoms with Crippen molar-refractivity contribution >= 4 is 17.3 Å². The summed E-state index contributed by atoms with van der Waals surface area (Å²) < 4.78 is 0. The molecule has 110 valence electrons. The Balaban J connectivity index is 2.01. The van der Waals surface area contributed by atoms with Crippen LogP contribution in [0.3, 0.4) is 0 Å². The highest BCUT2D eigenvalue weighted by atomic mass is 32.1. The molecule has 3 rings (SSSR count). The van der Waals surface area contributed by atoms with Gasteiger partial charge in [-0.15, -0.1) is 11.3 Å². The number of thiazole rings is 1. The van der Waals surface area contributed by atoms with Crippen LogP contribution >= 0.6 is 11.3 Å². The summed E-state index contributed by atoms with van der Waals surface area (Å²) in [6, 6.07) is 17.8. The van der Waals surface area contributed by atoms with Crippen LogP contribution in [0.1, 0.15) is 26.5 Å². The standard InChI is InChI=1S/C18H15NO2S/c1-12-6-5-9-14(10-12)17-19-15(16(22-17)18(20)21)11-13-7-3-2-4-8-13/h2-10H,11H2,1H3,(H,20,21). The molecule has 1 aromatic heterocycles. The third-order valence-corrected chi connectivity index (χ3v) is 4.51. The molecule has 0 atom stereocenters. The second-order valence-corrected chi connectivity index (χ2v) is 6.13. The zero-order valence-corrected chi connectivity index (χ0v) is 12.9. The quantitative estimate of drug-likeness (QED) is 0.776. The maximum absolute atomic E-state index is 11.5. The predicted octanol–water partition coefficient (Wildman–Crippen LogP) is 4.41. The van der Waals surface area contributed by atoms with E-state index in [9.17, 15) is 9.90 Å². The Hall–Kier alpha value is -2.46. The van der Waals surface area contributed by atoms with Crippen LogP contribution < -0.4 is 0 Å². The lowest BCUT2D eigenvalue weighted by atomic mass is 10.1. The first-order valence-electron chi connectivity index (χ1n) is 6.97. The highest BCUT2D eigenvalue weighted by Crippen LogP contribution is 2.30. The van der Waals surface area contributed by atoms with E-state index in [4.69, 9.17) is 0 Å². The van der Waals surface area contributed by atoms with Gasteiger partial charge in [-0.05, 0) is 18.6 Å². The number of benzene rings is 2. The summed E-state index contributed by atoms with van der Waals surface area (Å²) in [6.07, 6.45) is 0.533. The summed E-state index contributed by atoms with van der Waals surface area (Å²) in [5, 5.41) is 10.2. The van der Waals surface area contributed by atoms with Gasteiger partial charge in [-0.3, -0.25) is 0 Å². The first-order chi connectivity index (χ1) is 10.6. The van der Waals surface area contributed by atoms with Crippen molar-refractivity contribution in [1.29, 1.82) is 0 Å². The van der Waals surface area contributed by atoms with Crippen LogP contribution in [0.15, 0.2) is 54.6 Å². The molecule has 0 aliphatic rings. The molecule has 22 heavy (non-hydrogen) atoms. The Bertz CT molecular complexity index is 809. The van der Waals surface area contributed by atoms with E-state index in [1.54, 1.807) is 0 Å². The molecule has 0 radical (unpaired) electrons. The van der Waals surface area contributed by atoms with E-state index in [1.807, 2.05) is 61.5 Å². The zero-order chi connectivity index (χ0) is 15.5. The fraction of sp³-hybridized carbons (Fsp3) is 0.111. The fourth-order valence-electron chi connectivity index (χ4n) is 2.33. The Morgan fingerprint density at radius 3 is 2.59 bits per heavy atom. The molecular weight excluding hydrogens is 294 g/mol. The van der Waals surface area contributed by atoms with Crippen molar-refractivity contribution in [3.63, 3.8) is 0 Å². The molecule has 0 aliphatic carbocycles. The van der Waals surface area contributed by atoms with Crippen molar-refractivity contribution in [3.8, 4) is 10.6 Å². The maximum Gasteiger partial charge on any atom is 0.347 e. The molecule has 2 aromatic carbocycles. The molecule has 3 nitrogen and oxygen atoms in total. The van der Waals surface area contributed by atoms with Gasteiger partial charge in [0.15, 0.2) is 0 Å². The monoisotopic (exact) mass is 309 g/mol. The molecule has 0 saturated heterocycles. The molecule has 0 spiro atoms. The minimum absolute atomic E-state index is 0.320. The molecule has 1 heterocycles. The minimum Gasteiger partial charge on any atom is -0.477 e. The van der Waals surface area contributed by atoms with Crippen molar-refractivity contribution in [3.05, 3.63) is 76.3 Å². The van der Waals surface area contributed by atoms with E-state index in [0.29, 0.717) is 17.0 Å². The Morgan fingerprint density at radius 1 is 1.14 bits per heavy atom. The van der Waals surface area contributed by atoms with Gasteiger partial charge in [-0.25, -0.2) is 9.78 Å². The molecule has 0 unspecified atom stereocenters. The van der Waals surface area contributed by atoms with Crippen molar-refractivity contribution in [1.82, 2.24) is 4.98 Å². The van der Waals surface area contributed by atoms with Crippen LogP contribution in [0.5, 0.6) is 0 Å². The molecule has 1 N–H and O–H groups in total. The number of aromatic carboxylic acids is 1. The fourth-order valence-corrected chi connectivity index (χ4v) is 3.25.